The number of nitrogens with zero attached hydrogens (tertiary/aromatic N) is 2. The van der Waals surface area contributed by atoms with Crippen LogP contribution in [0.15, 0.2) is 28.8 Å². The maximum absolute atomic E-state index is 12.0. The van der Waals surface area contributed by atoms with Crippen molar-refractivity contribution in [1.82, 2.24) is 15.5 Å². The predicted octanol–water partition coefficient (Wildman–Crippen LogP) is 2.17. The van der Waals surface area contributed by atoms with Crippen molar-refractivity contribution in [1.29, 1.82) is 0 Å². The molecule has 2 rings (SSSR count). The van der Waals surface area contributed by atoms with Gasteiger partial charge in [-0.2, -0.15) is 4.98 Å². The second kappa shape index (κ2) is 7.42. The first-order valence-electron chi connectivity index (χ1n) is 7.10. The molecule has 21 heavy (non-hydrogen) atoms. The fourth-order valence-corrected chi connectivity index (χ4v) is 1.84. The van der Waals surface area contributed by atoms with E-state index < -0.39 is 0 Å². The van der Waals surface area contributed by atoms with Crippen molar-refractivity contribution in [2.24, 2.45) is 0 Å². The smallest absolute Gasteiger partial charge is 0.251 e. The third-order valence-electron chi connectivity index (χ3n) is 2.92. The highest BCUT2D eigenvalue weighted by molar-refractivity contribution is 5.94. The Bertz CT molecular complexity index is 578. The lowest BCUT2D eigenvalue weighted by molar-refractivity contribution is 0.0953. The van der Waals surface area contributed by atoms with Crippen LogP contribution in [0.1, 0.15) is 35.4 Å². The summed E-state index contributed by atoms with van der Waals surface area (Å²) in [5, 5.41) is 9.80. The number of aryl methyl sites for hydroxylation is 1. The zero-order valence-corrected chi connectivity index (χ0v) is 12.3. The topological polar surface area (TPSA) is 80.0 Å². The molecular weight excluding hydrogens is 268 g/mol. The lowest BCUT2D eigenvalue weighted by Crippen LogP contribution is -2.25. The number of benzene rings is 1. The maximum Gasteiger partial charge on any atom is 0.251 e. The van der Waals surface area contributed by atoms with Crippen LogP contribution in [0.4, 0.5) is 5.69 Å². The molecule has 1 aromatic heterocycles. The summed E-state index contributed by atoms with van der Waals surface area (Å²) in [6.07, 6.45) is 1.60. The highest BCUT2D eigenvalue weighted by Crippen LogP contribution is 2.09. The Morgan fingerprint density at radius 2 is 2.00 bits per heavy atom. The van der Waals surface area contributed by atoms with Crippen LogP contribution in [0, 0.1) is 6.92 Å². The molecule has 0 saturated heterocycles. The van der Waals surface area contributed by atoms with Gasteiger partial charge in [-0.05, 0) is 37.6 Å². The van der Waals surface area contributed by atoms with E-state index in [1.165, 1.54) is 0 Å². The van der Waals surface area contributed by atoms with Gasteiger partial charge in [-0.1, -0.05) is 12.1 Å². The number of anilines is 1. The standard InChI is InChI=1S/C15H20N4O2/c1-3-9-16-13-6-4-12(5-7-13)15(20)17-10-8-14-18-11(2)19-21-14/h4-7,16H,3,8-10H2,1-2H3,(H,17,20). The Kier molecular flexibility index (Phi) is 5.31. The van der Waals surface area contributed by atoms with Gasteiger partial charge in [0.15, 0.2) is 5.82 Å². The SMILES string of the molecule is CCCNc1ccc(C(=O)NCCc2nc(C)no2)cc1. The molecule has 1 amide bonds. The Morgan fingerprint density at radius 3 is 2.62 bits per heavy atom. The minimum Gasteiger partial charge on any atom is -0.385 e. The number of carbonyl (C=O) groups is 1. The molecule has 6 heteroatoms. The Balaban J connectivity index is 1.79. The van der Waals surface area contributed by atoms with Gasteiger partial charge in [0.25, 0.3) is 5.91 Å². The van der Waals surface area contributed by atoms with E-state index in [1.807, 2.05) is 24.3 Å². The van der Waals surface area contributed by atoms with Gasteiger partial charge in [0.2, 0.25) is 5.89 Å². The van der Waals surface area contributed by atoms with Crippen LogP contribution in [-0.2, 0) is 6.42 Å². The second-order valence-electron chi connectivity index (χ2n) is 4.75. The number of nitrogens with one attached hydrogen (secondary N) is 2. The maximum atomic E-state index is 12.0. The largest absolute Gasteiger partial charge is 0.385 e. The molecule has 0 fully saturated rings. The second-order valence-corrected chi connectivity index (χ2v) is 4.75. The predicted molar refractivity (Wildman–Crippen MR) is 80.3 cm³/mol. The molecular formula is C15H20N4O2. The average Bonchev–Trinajstić information content (AvgIpc) is 2.91. The number of amides is 1. The van der Waals surface area contributed by atoms with Crippen molar-refractivity contribution < 1.29 is 9.32 Å². The van der Waals surface area contributed by atoms with Crippen molar-refractivity contribution in [3.63, 3.8) is 0 Å². The zero-order valence-electron chi connectivity index (χ0n) is 12.3. The average molecular weight is 288 g/mol. The Morgan fingerprint density at radius 1 is 1.24 bits per heavy atom. The number of aromatic nitrogens is 2. The number of hydrogen-bond acceptors (Lipinski definition) is 5. The highest BCUT2D eigenvalue weighted by atomic mass is 16.5. The quantitative estimate of drug-likeness (QED) is 0.816. The summed E-state index contributed by atoms with van der Waals surface area (Å²) in [5.41, 5.74) is 1.66. The molecule has 0 aliphatic rings. The molecule has 1 heterocycles. The molecule has 6 nitrogen and oxygen atoms in total. The van der Waals surface area contributed by atoms with Gasteiger partial charge in [-0.15, -0.1) is 0 Å². The Labute approximate surface area is 123 Å². The number of rotatable bonds is 7. The summed E-state index contributed by atoms with van der Waals surface area (Å²) in [6, 6.07) is 7.44. The van der Waals surface area contributed by atoms with E-state index in [4.69, 9.17) is 4.52 Å². The van der Waals surface area contributed by atoms with Crippen molar-refractivity contribution in [3.8, 4) is 0 Å². The molecule has 1 aromatic carbocycles. The van der Waals surface area contributed by atoms with Crippen molar-refractivity contribution >= 4 is 11.6 Å². The third kappa shape index (κ3) is 4.59. The highest BCUT2D eigenvalue weighted by Gasteiger charge is 2.07. The van der Waals surface area contributed by atoms with Crippen molar-refractivity contribution in [2.45, 2.75) is 26.7 Å². The zero-order chi connectivity index (χ0) is 15.1. The van der Waals surface area contributed by atoms with Crippen LogP contribution in [0.5, 0.6) is 0 Å². The van der Waals surface area contributed by atoms with Crippen LogP contribution in [0.2, 0.25) is 0 Å². The van der Waals surface area contributed by atoms with Crippen molar-refractivity contribution in [2.75, 3.05) is 18.4 Å². The van der Waals surface area contributed by atoms with Gasteiger partial charge in [0.05, 0.1) is 0 Å². The molecule has 0 unspecified atom stereocenters. The van der Waals surface area contributed by atoms with Crippen LogP contribution < -0.4 is 10.6 Å². The van der Waals surface area contributed by atoms with Gasteiger partial charge in [0, 0.05) is 30.8 Å². The van der Waals surface area contributed by atoms with Gasteiger partial charge >= 0.3 is 0 Å². The summed E-state index contributed by atoms with van der Waals surface area (Å²) in [7, 11) is 0. The van der Waals surface area contributed by atoms with E-state index in [-0.39, 0.29) is 5.91 Å². The normalized spacial score (nSPS) is 10.4. The summed E-state index contributed by atoms with van der Waals surface area (Å²) >= 11 is 0. The van der Waals surface area contributed by atoms with Gasteiger partial charge in [-0.3, -0.25) is 4.79 Å². The molecule has 2 aromatic rings. The van der Waals surface area contributed by atoms with E-state index in [0.717, 1.165) is 18.7 Å². The van der Waals surface area contributed by atoms with E-state index in [9.17, 15) is 4.79 Å². The summed E-state index contributed by atoms with van der Waals surface area (Å²) < 4.78 is 4.98. The summed E-state index contributed by atoms with van der Waals surface area (Å²) in [5.74, 6) is 1.03. The van der Waals surface area contributed by atoms with Crippen LogP contribution in [-0.4, -0.2) is 29.1 Å². The van der Waals surface area contributed by atoms with Crippen LogP contribution in [0.3, 0.4) is 0 Å². The first kappa shape index (κ1) is 15.0. The lowest BCUT2D eigenvalue weighted by atomic mass is 10.2. The van der Waals surface area contributed by atoms with Gasteiger partial charge < -0.3 is 15.2 Å². The fraction of sp³-hybridized carbons (Fsp3) is 0.400. The minimum absolute atomic E-state index is 0.103. The fourth-order valence-electron chi connectivity index (χ4n) is 1.84. The van der Waals surface area contributed by atoms with E-state index >= 15 is 0 Å². The van der Waals surface area contributed by atoms with E-state index in [2.05, 4.69) is 27.7 Å². The summed E-state index contributed by atoms with van der Waals surface area (Å²) in [6.45, 7) is 5.27. The number of hydrogen-bond donors (Lipinski definition) is 2. The molecule has 0 radical (unpaired) electrons. The summed E-state index contributed by atoms with van der Waals surface area (Å²) in [4.78, 5) is 16.1. The molecule has 0 saturated carbocycles. The minimum atomic E-state index is -0.103. The van der Waals surface area contributed by atoms with Crippen LogP contribution in [0.25, 0.3) is 0 Å². The molecule has 2 N–H and O–H groups in total. The molecule has 0 bridgehead atoms. The van der Waals surface area contributed by atoms with Crippen LogP contribution >= 0.6 is 0 Å². The first-order valence-corrected chi connectivity index (χ1v) is 7.10. The van der Waals surface area contributed by atoms with E-state index in [1.54, 1.807) is 6.92 Å². The van der Waals surface area contributed by atoms with Gasteiger partial charge in [-0.25, -0.2) is 0 Å². The first-order chi connectivity index (χ1) is 10.2. The lowest BCUT2D eigenvalue weighted by Gasteiger charge is -2.06. The molecule has 0 aliphatic carbocycles. The van der Waals surface area contributed by atoms with E-state index in [0.29, 0.717) is 30.2 Å². The number of carbonyl (C=O) groups excluding carboxylic acids is 1. The Hall–Kier alpha value is -2.37. The molecule has 0 spiro atoms. The van der Waals surface area contributed by atoms with Crippen molar-refractivity contribution in [3.05, 3.63) is 41.5 Å². The molecule has 112 valence electrons. The van der Waals surface area contributed by atoms with Gasteiger partial charge in [0.1, 0.15) is 0 Å². The molecule has 0 aliphatic heterocycles. The molecule has 0 atom stereocenters. The monoisotopic (exact) mass is 288 g/mol. The third-order valence-corrected chi connectivity index (χ3v) is 2.92.